The molecule has 1 aromatic heterocycles. The first kappa shape index (κ1) is 15.6. The fourth-order valence-electron chi connectivity index (χ4n) is 1.88. The van der Waals surface area contributed by atoms with Crippen LogP contribution >= 0.6 is 27.3 Å². The molecule has 0 aliphatic heterocycles. The van der Waals surface area contributed by atoms with Gasteiger partial charge in [0, 0.05) is 22.0 Å². The van der Waals surface area contributed by atoms with Crippen LogP contribution in [0.4, 0.5) is 0 Å². The highest BCUT2D eigenvalue weighted by Crippen LogP contribution is 2.26. The smallest absolute Gasteiger partial charge is 0.123 e. The van der Waals surface area contributed by atoms with Crippen LogP contribution in [-0.2, 0) is 6.54 Å². The van der Waals surface area contributed by atoms with Crippen molar-refractivity contribution in [3.63, 3.8) is 0 Å². The standard InChI is InChI=1S/C15H20BrN3S/c1-19(2)8-4-7-17-10-14-11-20-15(18-14)12-5-3-6-13(16)9-12/h3,5-6,9,11,17H,4,7-8,10H2,1-2H3. The lowest BCUT2D eigenvalue weighted by atomic mass is 10.2. The summed E-state index contributed by atoms with van der Waals surface area (Å²) >= 11 is 5.20. The number of aromatic nitrogens is 1. The third-order valence-electron chi connectivity index (χ3n) is 2.89. The molecule has 0 amide bonds. The van der Waals surface area contributed by atoms with E-state index in [1.165, 1.54) is 5.56 Å². The number of nitrogens with one attached hydrogen (secondary N) is 1. The van der Waals surface area contributed by atoms with Crippen LogP contribution in [0, 0.1) is 0 Å². The van der Waals surface area contributed by atoms with Gasteiger partial charge in [-0.3, -0.25) is 0 Å². The number of nitrogens with zero attached hydrogens (tertiary/aromatic N) is 2. The van der Waals surface area contributed by atoms with Gasteiger partial charge in [-0.15, -0.1) is 11.3 Å². The predicted molar refractivity (Wildman–Crippen MR) is 90.1 cm³/mol. The SMILES string of the molecule is CN(C)CCCNCc1csc(-c2cccc(Br)c2)n1. The average Bonchev–Trinajstić information content (AvgIpc) is 2.87. The van der Waals surface area contributed by atoms with Crippen molar-refractivity contribution in [2.75, 3.05) is 27.2 Å². The van der Waals surface area contributed by atoms with Gasteiger partial charge < -0.3 is 10.2 Å². The number of rotatable bonds is 7. The second kappa shape index (κ2) is 7.88. The Balaban J connectivity index is 1.83. The second-order valence-corrected chi connectivity index (χ2v) is 6.76. The maximum Gasteiger partial charge on any atom is 0.123 e. The van der Waals surface area contributed by atoms with Gasteiger partial charge in [-0.25, -0.2) is 4.98 Å². The van der Waals surface area contributed by atoms with E-state index in [1.807, 2.05) is 12.1 Å². The van der Waals surface area contributed by atoms with Gasteiger partial charge >= 0.3 is 0 Å². The zero-order valence-electron chi connectivity index (χ0n) is 11.9. The van der Waals surface area contributed by atoms with E-state index in [0.717, 1.165) is 41.2 Å². The van der Waals surface area contributed by atoms with E-state index in [2.05, 4.69) is 62.7 Å². The number of hydrogen-bond donors (Lipinski definition) is 1. The molecule has 0 atom stereocenters. The van der Waals surface area contributed by atoms with E-state index in [9.17, 15) is 0 Å². The fraction of sp³-hybridized carbons (Fsp3) is 0.400. The molecule has 0 fully saturated rings. The summed E-state index contributed by atoms with van der Waals surface area (Å²) in [5.74, 6) is 0. The van der Waals surface area contributed by atoms with Crippen LogP contribution < -0.4 is 5.32 Å². The molecule has 1 N–H and O–H groups in total. The molecule has 1 aromatic carbocycles. The highest BCUT2D eigenvalue weighted by Gasteiger charge is 2.04. The van der Waals surface area contributed by atoms with Gasteiger partial charge in [-0.05, 0) is 45.7 Å². The molecule has 20 heavy (non-hydrogen) atoms. The van der Waals surface area contributed by atoms with Gasteiger partial charge in [0.05, 0.1) is 5.69 Å². The Labute approximate surface area is 133 Å². The summed E-state index contributed by atoms with van der Waals surface area (Å²) in [7, 11) is 4.20. The quantitative estimate of drug-likeness (QED) is 0.770. The number of thiazole rings is 1. The predicted octanol–water partition coefficient (Wildman–Crippen LogP) is 3.61. The highest BCUT2D eigenvalue weighted by molar-refractivity contribution is 9.10. The molecule has 0 unspecified atom stereocenters. The number of hydrogen-bond acceptors (Lipinski definition) is 4. The van der Waals surface area contributed by atoms with Crippen LogP contribution in [0.2, 0.25) is 0 Å². The van der Waals surface area contributed by atoms with Crippen LogP contribution in [0.15, 0.2) is 34.1 Å². The van der Waals surface area contributed by atoms with Crippen molar-refractivity contribution in [2.45, 2.75) is 13.0 Å². The Bertz CT molecular complexity index is 539. The van der Waals surface area contributed by atoms with Crippen LogP contribution in [0.1, 0.15) is 12.1 Å². The first-order chi connectivity index (χ1) is 9.65. The summed E-state index contributed by atoms with van der Waals surface area (Å²) in [5.41, 5.74) is 2.29. The Kier molecular flexibility index (Phi) is 6.16. The normalized spacial score (nSPS) is 11.2. The van der Waals surface area contributed by atoms with Crippen molar-refractivity contribution in [3.05, 3.63) is 39.8 Å². The van der Waals surface area contributed by atoms with E-state index < -0.39 is 0 Å². The Morgan fingerprint density at radius 1 is 1.35 bits per heavy atom. The minimum Gasteiger partial charge on any atom is -0.311 e. The second-order valence-electron chi connectivity index (χ2n) is 4.99. The van der Waals surface area contributed by atoms with Gasteiger partial charge in [0.25, 0.3) is 0 Å². The van der Waals surface area contributed by atoms with E-state index in [0.29, 0.717) is 0 Å². The van der Waals surface area contributed by atoms with Gasteiger partial charge in [0.2, 0.25) is 0 Å². The topological polar surface area (TPSA) is 28.2 Å². The van der Waals surface area contributed by atoms with Crippen LogP contribution in [0.5, 0.6) is 0 Å². The largest absolute Gasteiger partial charge is 0.311 e. The average molecular weight is 354 g/mol. The molecule has 0 radical (unpaired) electrons. The van der Waals surface area contributed by atoms with E-state index in [-0.39, 0.29) is 0 Å². The van der Waals surface area contributed by atoms with Crippen LogP contribution in [-0.4, -0.2) is 37.1 Å². The molecule has 108 valence electrons. The fourth-order valence-corrected chi connectivity index (χ4v) is 3.09. The summed E-state index contributed by atoms with van der Waals surface area (Å²) in [6.45, 7) is 2.99. The molecule has 0 aliphatic carbocycles. The summed E-state index contributed by atoms with van der Waals surface area (Å²) in [6.07, 6.45) is 1.16. The van der Waals surface area contributed by atoms with Crippen molar-refractivity contribution in [3.8, 4) is 10.6 Å². The van der Waals surface area contributed by atoms with Gasteiger partial charge in [0.1, 0.15) is 5.01 Å². The molecule has 0 spiro atoms. The molecular formula is C15H20BrN3S. The van der Waals surface area contributed by atoms with Crippen molar-refractivity contribution < 1.29 is 0 Å². The van der Waals surface area contributed by atoms with E-state index in [4.69, 9.17) is 0 Å². The molecule has 2 rings (SSSR count). The summed E-state index contributed by atoms with van der Waals surface area (Å²) in [6, 6.07) is 8.27. The van der Waals surface area contributed by atoms with Crippen molar-refractivity contribution in [1.29, 1.82) is 0 Å². The number of benzene rings is 1. The van der Waals surface area contributed by atoms with Crippen LogP contribution in [0.3, 0.4) is 0 Å². The third kappa shape index (κ3) is 4.98. The zero-order chi connectivity index (χ0) is 14.4. The molecule has 0 aliphatic rings. The Hall–Kier alpha value is -0.750. The first-order valence-corrected chi connectivity index (χ1v) is 8.38. The first-order valence-electron chi connectivity index (χ1n) is 6.71. The lowest BCUT2D eigenvalue weighted by molar-refractivity contribution is 0.394. The monoisotopic (exact) mass is 353 g/mol. The lowest BCUT2D eigenvalue weighted by Crippen LogP contribution is -2.21. The maximum absolute atomic E-state index is 4.68. The van der Waals surface area contributed by atoms with Gasteiger partial charge in [-0.1, -0.05) is 28.1 Å². The van der Waals surface area contributed by atoms with Gasteiger partial charge in [-0.2, -0.15) is 0 Å². The molecule has 1 heterocycles. The van der Waals surface area contributed by atoms with Crippen molar-refractivity contribution in [1.82, 2.24) is 15.2 Å². The summed E-state index contributed by atoms with van der Waals surface area (Å²) < 4.78 is 1.09. The highest BCUT2D eigenvalue weighted by atomic mass is 79.9. The molecular weight excluding hydrogens is 334 g/mol. The maximum atomic E-state index is 4.68. The van der Waals surface area contributed by atoms with Crippen molar-refractivity contribution in [2.24, 2.45) is 0 Å². The Morgan fingerprint density at radius 2 is 2.20 bits per heavy atom. The zero-order valence-corrected chi connectivity index (χ0v) is 14.3. The van der Waals surface area contributed by atoms with Crippen LogP contribution in [0.25, 0.3) is 10.6 Å². The lowest BCUT2D eigenvalue weighted by Gasteiger charge is -2.08. The van der Waals surface area contributed by atoms with E-state index in [1.54, 1.807) is 11.3 Å². The molecule has 0 bridgehead atoms. The minimum atomic E-state index is 0.845. The summed E-state index contributed by atoms with van der Waals surface area (Å²) in [4.78, 5) is 6.88. The number of halogens is 1. The summed E-state index contributed by atoms with van der Waals surface area (Å²) in [5, 5.41) is 6.66. The molecule has 2 aromatic rings. The van der Waals surface area contributed by atoms with Gasteiger partial charge in [0.15, 0.2) is 0 Å². The van der Waals surface area contributed by atoms with E-state index >= 15 is 0 Å². The van der Waals surface area contributed by atoms with Crippen molar-refractivity contribution >= 4 is 27.3 Å². The Morgan fingerprint density at radius 3 is 2.95 bits per heavy atom. The molecule has 5 heteroatoms. The molecule has 0 saturated heterocycles. The third-order valence-corrected chi connectivity index (χ3v) is 4.32. The molecule has 0 saturated carbocycles. The molecule has 3 nitrogen and oxygen atoms in total. The minimum absolute atomic E-state index is 0.845.